The molecule has 1 N–H and O–H groups in total. The summed E-state index contributed by atoms with van der Waals surface area (Å²) >= 11 is 0. The summed E-state index contributed by atoms with van der Waals surface area (Å²) in [6.45, 7) is 6.35. The Morgan fingerprint density at radius 2 is 1.92 bits per heavy atom. The maximum Gasteiger partial charge on any atom is 0.251 e. The number of nitrogens with one attached hydrogen (secondary N) is 1. The van der Waals surface area contributed by atoms with Gasteiger partial charge in [-0.2, -0.15) is 0 Å². The van der Waals surface area contributed by atoms with E-state index in [-0.39, 0.29) is 18.4 Å². The fourth-order valence-corrected chi connectivity index (χ4v) is 3.99. The predicted octanol–water partition coefficient (Wildman–Crippen LogP) is 4.28. The number of carbonyl (C=O) groups excluding carboxylic acids is 2. The molecule has 36 heavy (non-hydrogen) atoms. The molecule has 1 atom stereocenters. The molecule has 188 valence electrons. The first-order valence-corrected chi connectivity index (χ1v) is 12.0. The fraction of sp³-hybridized carbons (Fsp3) is 0.333. The van der Waals surface area contributed by atoms with Crippen molar-refractivity contribution in [3.8, 4) is 5.75 Å². The van der Waals surface area contributed by atoms with Crippen LogP contribution in [0.4, 0.5) is 5.69 Å². The van der Waals surface area contributed by atoms with Gasteiger partial charge in [-0.15, -0.1) is 5.10 Å². The van der Waals surface area contributed by atoms with E-state index in [2.05, 4.69) is 29.5 Å². The first-order chi connectivity index (χ1) is 17.4. The van der Waals surface area contributed by atoms with E-state index in [9.17, 15) is 9.59 Å². The van der Waals surface area contributed by atoms with Gasteiger partial charge in [0, 0.05) is 18.3 Å². The summed E-state index contributed by atoms with van der Waals surface area (Å²) in [6, 6.07) is 16.9. The van der Waals surface area contributed by atoms with Gasteiger partial charge in [0.15, 0.2) is 6.04 Å². The number of aromatic nitrogens is 3. The number of amides is 2. The highest BCUT2D eigenvalue weighted by atomic mass is 16.5. The molecule has 0 unspecified atom stereocenters. The third-order valence-electron chi connectivity index (χ3n) is 5.86. The number of methoxy groups -OCH3 is 1. The molecule has 2 amide bonds. The van der Waals surface area contributed by atoms with Crippen LogP contribution in [0, 0.1) is 12.8 Å². The Balaban J connectivity index is 1.76. The van der Waals surface area contributed by atoms with Gasteiger partial charge < -0.3 is 14.5 Å². The predicted molar refractivity (Wildman–Crippen MR) is 137 cm³/mol. The highest BCUT2D eigenvalue weighted by Crippen LogP contribution is 2.32. The second kappa shape index (κ2) is 11.1. The molecule has 0 aliphatic carbocycles. The van der Waals surface area contributed by atoms with Crippen LogP contribution >= 0.6 is 0 Å². The number of para-hydroxylation sites is 1. The monoisotopic (exact) mass is 489 g/mol. The largest absolute Gasteiger partial charge is 0.497 e. The Bertz CT molecular complexity index is 1340. The minimum absolute atomic E-state index is 0.118. The van der Waals surface area contributed by atoms with Crippen molar-refractivity contribution >= 4 is 28.5 Å². The Morgan fingerprint density at radius 3 is 2.64 bits per heavy atom. The van der Waals surface area contributed by atoms with Crippen LogP contribution in [0.1, 0.15) is 37.8 Å². The lowest BCUT2D eigenvalue weighted by atomic mass is 10.1. The van der Waals surface area contributed by atoms with E-state index >= 15 is 0 Å². The van der Waals surface area contributed by atoms with Crippen LogP contribution in [0.3, 0.4) is 0 Å². The van der Waals surface area contributed by atoms with Crippen LogP contribution in [0.25, 0.3) is 11.0 Å². The van der Waals surface area contributed by atoms with Crippen molar-refractivity contribution in [1.82, 2.24) is 20.3 Å². The molecule has 0 bridgehead atoms. The normalized spacial score (nSPS) is 12.0. The summed E-state index contributed by atoms with van der Waals surface area (Å²) in [7, 11) is 1.55. The lowest BCUT2D eigenvalue weighted by Gasteiger charge is -2.30. The standard InChI is InChI=1S/C27H31N5O4/c1-18(2)14-15-28-27(34)26(24-13-12-19(3)36-24)32(20-8-7-9-21(16-20)35-4)25(33)17-31-23-11-6-5-10-22(23)29-30-31/h5-13,16,18,26H,14-15,17H2,1-4H3,(H,28,34)/t26-/m1/s1. The Kier molecular flexibility index (Phi) is 7.68. The average molecular weight is 490 g/mol. The fourth-order valence-electron chi connectivity index (χ4n) is 3.99. The number of hydrogen-bond acceptors (Lipinski definition) is 6. The maximum absolute atomic E-state index is 13.9. The van der Waals surface area contributed by atoms with Crippen LogP contribution in [0.5, 0.6) is 5.75 Å². The van der Waals surface area contributed by atoms with Gasteiger partial charge in [-0.1, -0.05) is 37.3 Å². The maximum atomic E-state index is 13.9. The molecule has 4 rings (SSSR count). The van der Waals surface area contributed by atoms with E-state index in [1.807, 2.05) is 24.3 Å². The number of aryl methyl sites for hydroxylation is 1. The Morgan fingerprint density at radius 1 is 1.11 bits per heavy atom. The average Bonchev–Trinajstić information content (AvgIpc) is 3.48. The zero-order valence-electron chi connectivity index (χ0n) is 21.0. The summed E-state index contributed by atoms with van der Waals surface area (Å²) < 4.78 is 12.8. The number of benzene rings is 2. The van der Waals surface area contributed by atoms with Crippen LogP contribution in [0.15, 0.2) is 65.1 Å². The highest BCUT2D eigenvalue weighted by molar-refractivity contribution is 6.01. The van der Waals surface area contributed by atoms with Gasteiger partial charge in [-0.3, -0.25) is 14.5 Å². The van der Waals surface area contributed by atoms with E-state index in [1.165, 1.54) is 9.58 Å². The molecule has 0 fully saturated rings. The third-order valence-corrected chi connectivity index (χ3v) is 5.86. The molecule has 0 saturated carbocycles. The van der Waals surface area contributed by atoms with E-state index in [0.717, 1.165) is 11.9 Å². The van der Waals surface area contributed by atoms with Gasteiger partial charge in [0.2, 0.25) is 5.91 Å². The third kappa shape index (κ3) is 5.56. The highest BCUT2D eigenvalue weighted by Gasteiger charge is 2.35. The van der Waals surface area contributed by atoms with Crippen molar-refractivity contribution in [2.24, 2.45) is 5.92 Å². The number of rotatable bonds is 10. The van der Waals surface area contributed by atoms with E-state index < -0.39 is 6.04 Å². The minimum Gasteiger partial charge on any atom is -0.497 e. The molecule has 2 heterocycles. The number of anilines is 1. The SMILES string of the molecule is COc1cccc(N(C(=O)Cn2nnc3ccccc32)[C@@H](C(=O)NCCC(C)C)c2ccc(C)o2)c1. The zero-order valence-corrected chi connectivity index (χ0v) is 21.0. The summed E-state index contributed by atoms with van der Waals surface area (Å²) in [5.41, 5.74) is 1.91. The van der Waals surface area contributed by atoms with E-state index in [1.54, 1.807) is 50.4 Å². The summed E-state index contributed by atoms with van der Waals surface area (Å²) in [5.74, 6) is 1.32. The second-order valence-electron chi connectivity index (χ2n) is 9.03. The molecule has 9 nitrogen and oxygen atoms in total. The van der Waals surface area contributed by atoms with Crippen molar-refractivity contribution in [1.29, 1.82) is 0 Å². The summed E-state index contributed by atoms with van der Waals surface area (Å²) in [4.78, 5) is 29.0. The summed E-state index contributed by atoms with van der Waals surface area (Å²) in [5, 5.41) is 11.3. The molecule has 2 aromatic heterocycles. The van der Waals surface area contributed by atoms with Crippen molar-refractivity contribution < 1.29 is 18.7 Å². The van der Waals surface area contributed by atoms with Crippen molar-refractivity contribution in [3.05, 3.63) is 72.2 Å². The second-order valence-corrected chi connectivity index (χ2v) is 9.03. The molecule has 9 heteroatoms. The van der Waals surface area contributed by atoms with Gasteiger partial charge in [0.25, 0.3) is 5.91 Å². The number of furan rings is 1. The molecule has 0 radical (unpaired) electrons. The number of ether oxygens (including phenoxy) is 1. The van der Waals surface area contributed by atoms with E-state index in [0.29, 0.717) is 40.9 Å². The van der Waals surface area contributed by atoms with Crippen LogP contribution in [0.2, 0.25) is 0 Å². The molecular formula is C27H31N5O4. The molecule has 4 aromatic rings. The molecule has 0 aliphatic heterocycles. The van der Waals surface area contributed by atoms with Gasteiger partial charge in [0.05, 0.1) is 12.6 Å². The number of carbonyl (C=O) groups is 2. The minimum atomic E-state index is -1.03. The van der Waals surface area contributed by atoms with Crippen molar-refractivity contribution in [2.45, 2.75) is 39.8 Å². The van der Waals surface area contributed by atoms with Gasteiger partial charge in [-0.25, -0.2) is 4.68 Å². The number of hydrogen-bond donors (Lipinski definition) is 1. The lowest BCUT2D eigenvalue weighted by molar-refractivity contribution is -0.127. The Labute approximate surface area is 210 Å². The molecule has 0 saturated heterocycles. The molecule has 0 spiro atoms. The summed E-state index contributed by atoms with van der Waals surface area (Å²) in [6.07, 6.45) is 0.813. The number of nitrogens with zero attached hydrogens (tertiary/aromatic N) is 4. The van der Waals surface area contributed by atoms with Gasteiger partial charge in [-0.05, 0) is 55.7 Å². The molecular weight excluding hydrogens is 458 g/mol. The topological polar surface area (TPSA) is 102 Å². The van der Waals surface area contributed by atoms with Crippen LogP contribution in [-0.2, 0) is 16.1 Å². The lowest BCUT2D eigenvalue weighted by Crippen LogP contribution is -2.45. The van der Waals surface area contributed by atoms with Crippen molar-refractivity contribution in [2.75, 3.05) is 18.6 Å². The first kappa shape index (κ1) is 25.0. The molecule has 0 aliphatic rings. The van der Waals surface area contributed by atoms with Crippen molar-refractivity contribution in [3.63, 3.8) is 0 Å². The van der Waals surface area contributed by atoms with Gasteiger partial charge in [0.1, 0.15) is 29.3 Å². The zero-order chi connectivity index (χ0) is 25.7. The van der Waals surface area contributed by atoms with E-state index in [4.69, 9.17) is 9.15 Å². The first-order valence-electron chi connectivity index (χ1n) is 12.0. The quantitative estimate of drug-likeness (QED) is 0.357. The smallest absolute Gasteiger partial charge is 0.251 e. The van der Waals surface area contributed by atoms with Crippen LogP contribution in [-0.4, -0.2) is 40.5 Å². The van der Waals surface area contributed by atoms with Gasteiger partial charge >= 0.3 is 0 Å². The van der Waals surface area contributed by atoms with Crippen LogP contribution < -0.4 is 15.0 Å². The Hall–Kier alpha value is -4.14. The number of fused-ring (bicyclic) bond motifs is 1. The molecule has 2 aromatic carbocycles.